The number of hydrogen-bond acceptors (Lipinski definition) is 3. The van der Waals surface area contributed by atoms with Crippen LogP contribution < -0.4 is 10.6 Å². The van der Waals surface area contributed by atoms with Gasteiger partial charge in [-0.2, -0.15) is 0 Å². The average molecular weight is 237 g/mol. The number of amidine groups is 1. The Morgan fingerprint density at radius 1 is 1.44 bits per heavy atom. The smallest absolute Gasteiger partial charge is 0.237 e. The summed E-state index contributed by atoms with van der Waals surface area (Å²) in [5.74, 6) is 0.173. The van der Waals surface area contributed by atoms with E-state index in [-0.39, 0.29) is 16.8 Å². The highest BCUT2D eigenvalue weighted by Gasteiger charge is 2.13. The maximum Gasteiger partial charge on any atom is 0.237 e. The number of nitrogens with two attached hydrogens (primary N) is 1. The van der Waals surface area contributed by atoms with Crippen LogP contribution in [-0.2, 0) is 4.79 Å². The normalized spacial score (nSPS) is 9.81. The van der Waals surface area contributed by atoms with E-state index in [9.17, 15) is 4.79 Å². The van der Waals surface area contributed by atoms with Gasteiger partial charge < -0.3 is 10.6 Å². The van der Waals surface area contributed by atoms with Gasteiger partial charge in [-0.1, -0.05) is 30.0 Å². The number of amides is 1. The fourth-order valence-corrected chi connectivity index (χ4v) is 1.76. The minimum absolute atomic E-state index is 0.0301. The fraction of sp³-hybridized carbons (Fsp3) is 0.273. The van der Waals surface area contributed by atoms with E-state index in [0.717, 1.165) is 17.4 Å². The van der Waals surface area contributed by atoms with Gasteiger partial charge in [0, 0.05) is 12.2 Å². The third kappa shape index (κ3) is 3.58. The molecule has 3 N–H and O–H groups in total. The van der Waals surface area contributed by atoms with Crippen LogP contribution >= 0.6 is 11.8 Å². The van der Waals surface area contributed by atoms with Crippen LogP contribution in [0.2, 0.25) is 0 Å². The molecule has 5 heteroatoms. The second kappa shape index (κ2) is 6.17. The van der Waals surface area contributed by atoms with Gasteiger partial charge in [-0.25, -0.2) is 0 Å². The van der Waals surface area contributed by atoms with Gasteiger partial charge in [0.05, 0.1) is 5.75 Å². The molecular weight excluding hydrogens is 222 g/mol. The number of hydrogen-bond donors (Lipinski definition) is 2. The van der Waals surface area contributed by atoms with E-state index >= 15 is 0 Å². The van der Waals surface area contributed by atoms with Crippen molar-refractivity contribution in [2.45, 2.75) is 6.92 Å². The molecule has 0 saturated carbocycles. The van der Waals surface area contributed by atoms with E-state index in [1.807, 2.05) is 37.3 Å². The SMILES string of the molecule is CCN(C(=O)CSC(=N)N)c1ccccc1. The Morgan fingerprint density at radius 3 is 2.56 bits per heavy atom. The highest BCUT2D eigenvalue weighted by atomic mass is 32.2. The zero-order valence-corrected chi connectivity index (χ0v) is 9.96. The quantitative estimate of drug-likeness (QED) is 0.618. The van der Waals surface area contributed by atoms with Crippen molar-refractivity contribution >= 4 is 28.5 Å². The zero-order chi connectivity index (χ0) is 12.0. The van der Waals surface area contributed by atoms with E-state index < -0.39 is 0 Å². The monoisotopic (exact) mass is 237 g/mol. The Balaban J connectivity index is 2.68. The number of thioether (sulfide) groups is 1. The molecule has 0 saturated heterocycles. The Hall–Kier alpha value is -1.49. The van der Waals surface area contributed by atoms with Gasteiger partial charge in [0.1, 0.15) is 0 Å². The first-order valence-corrected chi connectivity index (χ1v) is 5.96. The molecule has 1 aromatic carbocycles. The van der Waals surface area contributed by atoms with Crippen molar-refractivity contribution < 1.29 is 4.79 Å². The summed E-state index contributed by atoms with van der Waals surface area (Å²) in [6, 6.07) is 9.47. The van der Waals surface area contributed by atoms with Crippen LogP contribution in [0.25, 0.3) is 0 Å². The maximum atomic E-state index is 11.8. The van der Waals surface area contributed by atoms with Gasteiger partial charge in [-0.3, -0.25) is 10.2 Å². The van der Waals surface area contributed by atoms with Crippen LogP contribution in [-0.4, -0.2) is 23.4 Å². The van der Waals surface area contributed by atoms with E-state index in [0.29, 0.717) is 6.54 Å². The van der Waals surface area contributed by atoms with Crippen LogP contribution in [0.15, 0.2) is 30.3 Å². The molecule has 1 amide bonds. The maximum absolute atomic E-state index is 11.8. The zero-order valence-electron chi connectivity index (χ0n) is 9.14. The summed E-state index contributed by atoms with van der Waals surface area (Å²) in [6.45, 7) is 2.53. The lowest BCUT2D eigenvalue weighted by molar-refractivity contribution is -0.116. The standard InChI is InChI=1S/C11H15N3OS/c1-2-14(9-6-4-3-5-7-9)10(15)8-16-11(12)13/h3-7H,2,8H2,1H3,(H3,12,13). The highest BCUT2D eigenvalue weighted by Crippen LogP contribution is 2.14. The number of nitrogens with zero attached hydrogens (tertiary/aromatic N) is 1. The Labute approximate surface area is 99.3 Å². The number of carbonyl (C=O) groups excluding carboxylic acids is 1. The van der Waals surface area contributed by atoms with Crippen LogP contribution in [0.1, 0.15) is 6.92 Å². The molecule has 0 aliphatic heterocycles. The van der Waals surface area contributed by atoms with Crippen molar-refractivity contribution in [1.29, 1.82) is 5.41 Å². The van der Waals surface area contributed by atoms with E-state index in [1.165, 1.54) is 0 Å². The van der Waals surface area contributed by atoms with Crippen molar-refractivity contribution in [2.75, 3.05) is 17.2 Å². The third-order valence-electron chi connectivity index (χ3n) is 2.04. The van der Waals surface area contributed by atoms with Crippen molar-refractivity contribution in [2.24, 2.45) is 5.73 Å². The van der Waals surface area contributed by atoms with E-state index in [4.69, 9.17) is 11.1 Å². The van der Waals surface area contributed by atoms with Gasteiger partial charge in [-0.05, 0) is 19.1 Å². The molecule has 0 radical (unpaired) electrons. The second-order valence-electron chi connectivity index (χ2n) is 3.13. The van der Waals surface area contributed by atoms with Gasteiger partial charge >= 0.3 is 0 Å². The van der Waals surface area contributed by atoms with Crippen LogP contribution in [0.5, 0.6) is 0 Å². The Kier molecular flexibility index (Phi) is 4.85. The van der Waals surface area contributed by atoms with Gasteiger partial charge in [0.15, 0.2) is 5.17 Å². The summed E-state index contributed by atoms with van der Waals surface area (Å²) < 4.78 is 0. The first-order valence-electron chi connectivity index (χ1n) is 4.97. The molecule has 0 bridgehead atoms. The number of carbonyl (C=O) groups is 1. The van der Waals surface area contributed by atoms with E-state index in [2.05, 4.69) is 0 Å². The van der Waals surface area contributed by atoms with Crippen molar-refractivity contribution in [3.8, 4) is 0 Å². The topological polar surface area (TPSA) is 70.2 Å². The van der Waals surface area contributed by atoms with E-state index in [1.54, 1.807) is 4.90 Å². The number of benzene rings is 1. The number of nitrogens with one attached hydrogen (secondary N) is 1. The molecule has 0 fully saturated rings. The minimum atomic E-state index is -0.0334. The Morgan fingerprint density at radius 2 is 2.06 bits per heavy atom. The largest absolute Gasteiger partial charge is 0.379 e. The molecule has 0 heterocycles. The second-order valence-corrected chi connectivity index (χ2v) is 4.14. The van der Waals surface area contributed by atoms with Crippen molar-refractivity contribution in [3.05, 3.63) is 30.3 Å². The highest BCUT2D eigenvalue weighted by molar-refractivity contribution is 8.14. The van der Waals surface area contributed by atoms with Crippen LogP contribution in [0.4, 0.5) is 5.69 Å². The fourth-order valence-electron chi connectivity index (χ4n) is 1.33. The molecule has 4 nitrogen and oxygen atoms in total. The molecule has 0 aliphatic rings. The lowest BCUT2D eigenvalue weighted by Crippen LogP contribution is -2.32. The van der Waals surface area contributed by atoms with Gasteiger partial charge in [0.25, 0.3) is 0 Å². The first-order chi connectivity index (χ1) is 7.65. The minimum Gasteiger partial charge on any atom is -0.379 e. The molecule has 0 aromatic heterocycles. The number of rotatable bonds is 4. The van der Waals surface area contributed by atoms with Gasteiger partial charge in [-0.15, -0.1) is 0 Å². The first kappa shape index (κ1) is 12.6. The summed E-state index contributed by atoms with van der Waals surface area (Å²) in [5, 5.41) is 7.03. The molecule has 0 spiro atoms. The average Bonchev–Trinajstić information content (AvgIpc) is 2.29. The lowest BCUT2D eigenvalue weighted by atomic mass is 10.3. The summed E-state index contributed by atoms with van der Waals surface area (Å²) >= 11 is 1.05. The molecule has 1 aromatic rings. The molecule has 16 heavy (non-hydrogen) atoms. The number of para-hydroxylation sites is 1. The third-order valence-corrected chi connectivity index (χ3v) is 2.74. The summed E-state index contributed by atoms with van der Waals surface area (Å²) in [4.78, 5) is 13.5. The summed E-state index contributed by atoms with van der Waals surface area (Å²) in [6.07, 6.45) is 0. The molecule has 86 valence electrons. The van der Waals surface area contributed by atoms with Crippen LogP contribution in [0.3, 0.4) is 0 Å². The predicted molar refractivity (Wildman–Crippen MR) is 68.8 cm³/mol. The molecule has 1 rings (SSSR count). The van der Waals surface area contributed by atoms with Crippen molar-refractivity contribution in [3.63, 3.8) is 0 Å². The summed E-state index contributed by atoms with van der Waals surface area (Å²) in [7, 11) is 0. The Bertz CT molecular complexity index is 367. The van der Waals surface area contributed by atoms with Crippen LogP contribution in [0, 0.1) is 5.41 Å². The van der Waals surface area contributed by atoms with Crippen molar-refractivity contribution in [1.82, 2.24) is 0 Å². The molecular formula is C11H15N3OS. The molecule has 0 unspecified atom stereocenters. The molecule has 0 aliphatic carbocycles. The lowest BCUT2D eigenvalue weighted by Gasteiger charge is -2.20. The molecule has 0 atom stereocenters. The number of anilines is 1. The van der Waals surface area contributed by atoms with Gasteiger partial charge in [0.2, 0.25) is 5.91 Å². The summed E-state index contributed by atoms with van der Waals surface area (Å²) in [5.41, 5.74) is 6.07. The predicted octanol–water partition coefficient (Wildman–Crippen LogP) is 1.67.